The molecule has 0 bridgehead atoms. The number of hydrogen-bond acceptors (Lipinski definition) is 4. The Morgan fingerprint density at radius 2 is 2.00 bits per heavy atom. The Morgan fingerprint density at radius 3 is 2.79 bits per heavy atom. The van der Waals surface area contributed by atoms with Gasteiger partial charge in [0.05, 0.1) is 17.6 Å². The molecule has 1 aromatic carbocycles. The van der Waals surface area contributed by atoms with E-state index in [9.17, 15) is 12.8 Å². The molecule has 1 atom stereocenters. The molecule has 0 spiro atoms. The van der Waals surface area contributed by atoms with Crippen molar-refractivity contribution in [2.45, 2.75) is 49.7 Å². The number of aromatic amines is 1. The average molecular weight is 408 g/mol. The third-order valence-corrected chi connectivity index (χ3v) is 8.13. The molecule has 1 saturated carbocycles. The Labute approximate surface area is 165 Å². The molecule has 2 aliphatic rings. The number of aromatic nitrogens is 2. The summed E-state index contributed by atoms with van der Waals surface area (Å²) in [6, 6.07) is 8.31. The first-order valence-electron chi connectivity index (χ1n) is 9.94. The van der Waals surface area contributed by atoms with Crippen molar-refractivity contribution in [3.05, 3.63) is 47.5 Å². The quantitative estimate of drug-likeness (QED) is 0.765. The molecule has 152 valence electrons. The van der Waals surface area contributed by atoms with Crippen molar-refractivity contribution < 1.29 is 17.5 Å². The van der Waals surface area contributed by atoms with Gasteiger partial charge in [0.15, 0.2) is 11.6 Å². The van der Waals surface area contributed by atoms with Crippen LogP contribution in [0.2, 0.25) is 0 Å². The van der Waals surface area contributed by atoms with E-state index in [1.807, 2.05) is 6.07 Å². The van der Waals surface area contributed by atoms with Crippen LogP contribution >= 0.6 is 0 Å². The number of benzene rings is 1. The van der Waals surface area contributed by atoms with E-state index in [2.05, 4.69) is 10.2 Å². The summed E-state index contributed by atoms with van der Waals surface area (Å²) >= 11 is 0. The minimum absolute atomic E-state index is 0.119. The standard InChI is InChI=1S/C20H26FN3O3S/c21-18-7-3-4-8-20(18)27-12-10-16-13-19(23-22-16)15-9-11-24(14-15)28(25,26)17-5-1-2-6-17/h3-4,7-8,13,15,17H,1-2,5-6,9-12,14H2,(H,22,23)/t15-/m1/s1. The highest BCUT2D eigenvalue weighted by Crippen LogP contribution is 2.33. The number of ether oxygens (including phenoxy) is 1. The van der Waals surface area contributed by atoms with Gasteiger partial charge < -0.3 is 4.74 Å². The minimum atomic E-state index is -3.18. The van der Waals surface area contributed by atoms with E-state index >= 15 is 0 Å². The van der Waals surface area contributed by atoms with Crippen molar-refractivity contribution in [3.8, 4) is 5.75 Å². The smallest absolute Gasteiger partial charge is 0.217 e. The number of nitrogens with one attached hydrogen (secondary N) is 1. The summed E-state index contributed by atoms with van der Waals surface area (Å²) in [4.78, 5) is 0. The summed E-state index contributed by atoms with van der Waals surface area (Å²) in [5.41, 5.74) is 1.80. The van der Waals surface area contributed by atoms with Crippen LogP contribution in [0.3, 0.4) is 0 Å². The van der Waals surface area contributed by atoms with Crippen LogP contribution < -0.4 is 4.74 Å². The lowest BCUT2D eigenvalue weighted by atomic mass is 10.0. The number of rotatable bonds is 7. The summed E-state index contributed by atoms with van der Waals surface area (Å²) in [6.45, 7) is 1.42. The van der Waals surface area contributed by atoms with Crippen LogP contribution in [0.4, 0.5) is 4.39 Å². The maximum Gasteiger partial charge on any atom is 0.217 e. The molecule has 0 unspecified atom stereocenters. The van der Waals surface area contributed by atoms with Gasteiger partial charge in [0, 0.05) is 31.1 Å². The third kappa shape index (κ3) is 4.07. The molecule has 0 radical (unpaired) electrons. The lowest BCUT2D eigenvalue weighted by Crippen LogP contribution is -2.35. The zero-order valence-electron chi connectivity index (χ0n) is 15.8. The van der Waals surface area contributed by atoms with E-state index in [4.69, 9.17) is 4.74 Å². The van der Waals surface area contributed by atoms with E-state index < -0.39 is 10.0 Å². The fourth-order valence-electron chi connectivity index (χ4n) is 4.15. The summed E-state index contributed by atoms with van der Waals surface area (Å²) < 4.78 is 46.3. The lowest BCUT2D eigenvalue weighted by molar-refractivity contribution is 0.304. The second-order valence-corrected chi connectivity index (χ2v) is 9.85. The maximum atomic E-state index is 13.6. The molecule has 6 nitrogen and oxygen atoms in total. The van der Waals surface area contributed by atoms with Crippen LogP contribution in [0.1, 0.15) is 49.4 Å². The zero-order chi connectivity index (χ0) is 19.6. The van der Waals surface area contributed by atoms with Crippen molar-refractivity contribution in [2.24, 2.45) is 0 Å². The van der Waals surface area contributed by atoms with Gasteiger partial charge >= 0.3 is 0 Å². The minimum Gasteiger partial charge on any atom is -0.490 e. The zero-order valence-corrected chi connectivity index (χ0v) is 16.6. The molecule has 2 heterocycles. The first kappa shape index (κ1) is 19.4. The van der Waals surface area contributed by atoms with Crippen LogP contribution in [0.5, 0.6) is 5.75 Å². The number of sulfonamides is 1. The first-order valence-corrected chi connectivity index (χ1v) is 11.4. The van der Waals surface area contributed by atoms with Gasteiger partial charge in [0.25, 0.3) is 0 Å². The molecule has 0 amide bonds. The summed E-state index contributed by atoms with van der Waals surface area (Å²) in [5.74, 6) is -0.0122. The van der Waals surface area contributed by atoms with Gasteiger partial charge in [-0.1, -0.05) is 25.0 Å². The van der Waals surface area contributed by atoms with Crippen molar-refractivity contribution in [1.82, 2.24) is 14.5 Å². The van der Waals surface area contributed by atoms with Gasteiger partial charge in [-0.3, -0.25) is 5.10 Å². The Bertz CT molecular complexity index is 909. The largest absolute Gasteiger partial charge is 0.490 e. The van der Waals surface area contributed by atoms with Crippen molar-refractivity contribution in [2.75, 3.05) is 19.7 Å². The second kappa shape index (κ2) is 8.21. The monoisotopic (exact) mass is 407 g/mol. The van der Waals surface area contributed by atoms with E-state index in [1.54, 1.807) is 22.5 Å². The fourth-order valence-corrected chi connectivity index (χ4v) is 6.25. The first-order chi connectivity index (χ1) is 13.5. The maximum absolute atomic E-state index is 13.6. The van der Waals surface area contributed by atoms with Crippen molar-refractivity contribution in [3.63, 3.8) is 0 Å². The normalized spacial score (nSPS) is 21.4. The van der Waals surface area contributed by atoms with Crippen molar-refractivity contribution >= 4 is 10.0 Å². The Hall–Kier alpha value is -1.93. The SMILES string of the molecule is O=S(=O)(C1CCCC1)N1CC[C@@H](c2cc(CCOc3ccccc3F)[nH]n2)C1. The molecular weight excluding hydrogens is 381 g/mol. The van der Waals surface area contributed by atoms with Gasteiger partial charge in [0.1, 0.15) is 0 Å². The highest BCUT2D eigenvalue weighted by Gasteiger charge is 2.39. The summed E-state index contributed by atoms with van der Waals surface area (Å²) in [7, 11) is -3.18. The van der Waals surface area contributed by atoms with Crippen LogP contribution in [-0.2, 0) is 16.4 Å². The number of para-hydroxylation sites is 1. The predicted octanol–water partition coefficient (Wildman–Crippen LogP) is 3.23. The molecule has 28 heavy (non-hydrogen) atoms. The highest BCUT2D eigenvalue weighted by atomic mass is 32.2. The Kier molecular flexibility index (Phi) is 5.68. The topological polar surface area (TPSA) is 75.3 Å². The van der Waals surface area contributed by atoms with Gasteiger partial charge in [-0.2, -0.15) is 5.10 Å². The summed E-state index contributed by atoms with van der Waals surface area (Å²) in [6.07, 6.45) is 4.98. The van der Waals surface area contributed by atoms with E-state index in [0.717, 1.165) is 43.5 Å². The van der Waals surface area contributed by atoms with Gasteiger partial charge in [0.2, 0.25) is 10.0 Å². The number of halogens is 1. The molecule has 8 heteroatoms. The molecule has 4 rings (SSSR count). The fraction of sp³-hybridized carbons (Fsp3) is 0.550. The summed E-state index contributed by atoms with van der Waals surface area (Å²) in [5, 5.41) is 7.18. The Balaban J connectivity index is 1.31. The number of H-pyrrole nitrogens is 1. The van der Waals surface area contributed by atoms with Crippen molar-refractivity contribution in [1.29, 1.82) is 0 Å². The van der Waals surface area contributed by atoms with Crippen LogP contribution in [0.15, 0.2) is 30.3 Å². The number of hydrogen-bond donors (Lipinski definition) is 1. The molecule has 2 fully saturated rings. The molecule has 1 aliphatic heterocycles. The van der Waals surface area contributed by atoms with Crippen LogP contribution in [0.25, 0.3) is 0 Å². The third-order valence-electron chi connectivity index (χ3n) is 5.77. The van der Waals surface area contributed by atoms with Gasteiger partial charge in [-0.15, -0.1) is 0 Å². The van der Waals surface area contributed by atoms with E-state index in [0.29, 0.717) is 26.1 Å². The molecule has 1 N–H and O–H groups in total. The molecular formula is C20H26FN3O3S. The Morgan fingerprint density at radius 1 is 1.21 bits per heavy atom. The lowest BCUT2D eigenvalue weighted by Gasteiger charge is -2.20. The molecule has 1 aromatic heterocycles. The van der Waals surface area contributed by atoms with Crippen LogP contribution in [0, 0.1) is 5.82 Å². The second-order valence-electron chi connectivity index (χ2n) is 7.64. The molecule has 1 saturated heterocycles. The van der Waals surface area contributed by atoms with E-state index in [-0.39, 0.29) is 22.7 Å². The molecule has 2 aromatic rings. The van der Waals surface area contributed by atoms with Gasteiger partial charge in [-0.25, -0.2) is 17.1 Å². The highest BCUT2D eigenvalue weighted by molar-refractivity contribution is 7.89. The molecule has 1 aliphatic carbocycles. The van der Waals surface area contributed by atoms with E-state index in [1.165, 1.54) is 6.07 Å². The predicted molar refractivity (Wildman–Crippen MR) is 104 cm³/mol. The van der Waals surface area contributed by atoms with Crippen LogP contribution in [-0.4, -0.2) is 47.9 Å². The van der Waals surface area contributed by atoms with Gasteiger partial charge in [-0.05, 0) is 37.5 Å². The average Bonchev–Trinajstić information content (AvgIpc) is 3.44. The number of nitrogens with zero attached hydrogens (tertiary/aromatic N) is 2.